The molecule has 0 spiro atoms. The van der Waals surface area contributed by atoms with Crippen molar-refractivity contribution in [1.29, 1.82) is 0 Å². The number of nitro groups is 1. The Morgan fingerprint density at radius 1 is 1.18 bits per heavy atom. The third-order valence-corrected chi connectivity index (χ3v) is 2.80. The van der Waals surface area contributed by atoms with E-state index in [0.717, 1.165) is 16.7 Å². The summed E-state index contributed by atoms with van der Waals surface area (Å²) in [6, 6.07) is 6.10. The van der Waals surface area contributed by atoms with Gasteiger partial charge in [0.15, 0.2) is 0 Å². The molecule has 0 saturated carbocycles. The molecule has 0 saturated heterocycles. The zero-order chi connectivity index (χ0) is 12.6. The van der Waals surface area contributed by atoms with Gasteiger partial charge in [-0.3, -0.25) is 10.1 Å². The topological polar surface area (TPSA) is 76.5 Å². The molecule has 0 unspecified atom stereocenters. The van der Waals surface area contributed by atoms with Crippen LogP contribution in [-0.4, -0.2) is 10.0 Å². The van der Waals surface area contributed by atoms with E-state index in [4.69, 9.17) is 4.42 Å². The van der Waals surface area contributed by atoms with Crippen LogP contribution >= 0.6 is 0 Å². The van der Waals surface area contributed by atoms with Crippen molar-refractivity contribution in [2.45, 2.75) is 13.8 Å². The minimum atomic E-state index is -0.577. The van der Waals surface area contributed by atoms with Crippen molar-refractivity contribution in [1.82, 2.24) is 0 Å². The van der Waals surface area contributed by atoms with Gasteiger partial charge < -0.3 is 9.52 Å². The van der Waals surface area contributed by atoms with Crippen molar-refractivity contribution >= 4 is 5.88 Å². The number of nitrogens with zero attached hydrogens (tertiary/aromatic N) is 1. The van der Waals surface area contributed by atoms with E-state index >= 15 is 0 Å². The van der Waals surface area contributed by atoms with Crippen molar-refractivity contribution in [2.24, 2.45) is 0 Å². The number of hydrogen-bond donors (Lipinski definition) is 1. The predicted octanol–water partition coefficient (Wildman–Crippen LogP) is 3.18. The second kappa shape index (κ2) is 3.93. The Labute approximate surface area is 97.5 Å². The molecule has 0 bridgehead atoms. The number of rotatable bonds is 2. The lowest BCUT2D eigenvalue weighted by Gasteiger charge is -2.07. The van der Waals surface area contributed by atoms with Gasteiger partial charge in [-0.15, -0.1) is 0 Å². The molecule has 5 heteroatoms. The minimum Gasteiger partial charge on any atom is -0.508 e. The average molecular weight is 233 g/mol. The highest BCUT2D eigenvalue weighted by atomic mass is 16.6. The molecule has 0 aliphatic heterocycles. The highest BCUT2D eigenvalue weighted by molar-refractivity contribution is 5.66. The predicted molar refractivity (Wildman–Crippen MR) is 61.9 cm³/mol. The van der Waals surface area contributed by atoms with Crippen LogP contribution in [0.4, 0.5) is 5.88 Å². The van der Waals surface area contributed by atoms with Gasteiger partial charge >= 0.3 is 5.88 Å². The fraction of sp³-hybridized carbons (Fsp3) is 0.167. The third-order valence-electron chi connectivity index (χ3n) is 2.80. The highest BCUT2D eigenvalue weighted by Crippen LogP contribution is 2.32. The molecule has 1 aromatic heterocycles. The maximum absolute atomic E-state index is 10.5. The zero-order valence-corrected chi connectivity index (χ0v) is 9.43. The maximum atomic E-state index is 10.5. The van der Waals surface area contributed by atoms with Crippen LogP contribution < -0.4 is 0 Å². The molecule has 5 nitrogen and oxygen atoms in total. The summed E-state index contributed by atoms with van der Waals surface area (Å²) in [6.45, 7) is 3.62. The van der Waals surface area contributed by atoms with Gasteiger partial charge in [-0.1, -0.05) is 0 Å². The molecule has 1 heterocycles. The lowest BCUT2D eigenvalue weighted by Crippen LogP contribution is -1.87. The monoisotopic (exact) mass is 233 g/mol. The Hall–Kier alpha value is -2.30. The number of hydrogen-bond acceptors (Lipinski definition) is 4. The van der Waals surface area contributed by atoms with E-state index in [1.807, 2.05) is 6.92 Å². The molecule has 0 fully saturated rings. The van der Waals surface area contributed by atoms with Gasteiger partial charge in [0.25, 0.3) is 0 Å². The van der Waals surface area contributed by atoms with Gasteiger partial charge in [0, 0.05) is 5.56 Å². The summed E-state index contributed by atoms with van der Waals surface area (Å²) < 4.78 is 5.13. The molecule has 1 aromatic carbocycles. The molecule has 0 aliphatic rings. The molecular formula is C12H11NO4. The van der Waals surface area contributed by atoms with Crippen molar-refractivity contribution < 1.29 is 14.4 Å². The first-order chi connectivity index (χ1) is 8.00. The Kier molecular flexibility index (Phi) is 2.59. The first-order valence-electron chi connectivity index (χ1n) is 5.04. The molecule has 88 valence electrons. The second-order valence-corrected chi connectivity index (χ2v) is 3.78. The van der Waals surface area contributed by atoms with Gasteiger partial charge in [-0.2, -0.15) is 0 Å². The Bertz CT molecular complexity index is 586. The molecule has 17 heavy (non-hydrogen) atoms. The van der Waals surface area contributed by atoms with E-state index in [0.29, 0.717) is 5.76 Å². The molecule has 0 aliphatic carbocycles. The van der Waals surface area contributed by atoms with Gasteiger partial charge in [-0.25, -0.2) is 0 Å². The van der Waals surface area contributed by atoms with E-state index in [-0.39, 0.29) is 11.6 Å². The number of phenolic OH excluding ortho intramolecular Hbond substituents is 1. The standard InChI is InChI=1S/C12H11NO4/c1-7-8(2)10(14)4-3-9(7)11-5-6-12(17-11)13(15)16/h3-6,14H,1-2H3. The van der Waals surface area contributed by atoms with E-state index in [1.54, 1.807) is 25.1 Å². The Morgan fingerprint density at radius 3 is 2.47 bits per heavy atom. The number of furan rings is 1. The third kappa shape index (κ3) is 1.87. The van der Waals surface area contributed by atoms with E-state index in [1.165, 1.54) is 6.07 Å². The fourth-order valence-corrected chi connectivity index (χ4v) is 1.64. The molecule has 0 amide bonds. The van der Waals surface area contributed by atoms with Crippen molar-refractivity contribution in [3.63, 3.8) is 0 Å². The van der Waals surface area contributed by atoms with Crippen molar-refractivity contribution in [2.75, 3.05) is 0 Å². The van der Waals surface area contributed by atoms with Gasteiger partial charge in [0.05, 0.1) is 6.07 Å². The minimum absolute atomic E-state index is 0.201. The number of aromatic hydroxyl groups is 1. The highest BCUT2D eigenvalue weighted by Gasteiger charge is 2.15. The number of benzene rings is 1. The van der Waals surface area contributed by atoms with E-state index in [9.17, 15) is 15.2 Å². The van der Waals surface area contributed by atoms with Crippen LogP contribution in [0.25, 0.3) is 11.3 Å². The largest absolute Gasteiger partial charge is 0.508 e. The summed E-state index contributed by atoms with van der Waals surface area (Å²) in [4.78, 5) is 9.95. The quantitative estimate of drug-likeness (QED) is 0.638. The second-order valence-electron chi connectivity index (χ2n) is 3.78. The fourth-order valence-electron chi connectivity index (χ4n) is 1.64. The summed E-state index contributed by atoms with van der Waals surface area (Å²) in [6.07, 6.45) is 0. The SMILES string of the molecule is Cc1c(O)ccc(-c2ccc([N+](=O)[O-])o2)c1C. The van der Waals surface area contributed by atoms with Crippen LogP contribution in [0.2, 0.25) is 0 Å². The molecule has 1 N–H and O–H groups in total. The summed E-state index contributed by atoms with van der Waals surface area (Å²) in [5.41, 5.74) is 2.32. The van der Waals surface area contributed by atoms with Crippen LogP contribution in [0.3, 0.4) is 0 Å². The van der Waals surface area contributed by atoms with Crippen LogP contribution in [0, 0.1) is 24.0 Å². The van der Waals surface area contributed by atoms with Crippen molar-refractivity contribution in [3.8, 4) is 17.1 Å². The Balaban J connectivity index is 2.53. The zero-order valence-electron chi connectivity index (χ0n) is 9.43. The molecule has 2 aromatic rings. The van der Waals surface area contributed by atoms with Gasteiger partial charge in [0.1, 0.15) is 16.4 Å². The lowest BCUT2D eigenvalue weighted by molar-refractivity contribution is -0.401. The summed E-state index contributed by atoms with van der Waals surface area (Å²) in [5, 5.41) is 20.0. The molecule has 0 atom stereocenters. The van der Waals surface area contributed by atoms with Gasteiger partial charge in [-0.05, 0) is 43.2 Å². The summed E-state index contributed by atoms with van der Waals surface area (Å²) in [7, 11) is 0. The molecule has 2 rings (SSSR count). The van der Waals surface area contributed by atoms with Crippen molar-refractivity contribution in [3.05, 3.63) is 45.5 Å². The Morgan fingerprint density at radius 2 is 1.88 bits per heavy atom. The van der Waals surface area contributed by atoms with Crippen LogP contribution in [0.15, 0.2) is 28.7 Å². The molecule has 0 radical (unpaired) electrons. The van der Waals surface area contributed by atoms with Crippen LogP contribution in [0.1, 0.15) is 11.1 Å². The van der Waals surface area contributed by atoms with Gasteiger partial charge in [0.2, 0.25) is 0 Å². The summed E-state index contributed by atoms with van der Waals surface area (Å²) in [5.74, 6) is 0.342. The van der Waals surface area contributed by atoms with E-state index < -0.39 is 4.92 Å². The first kappa shape index (κ1) is 11.2. The first-order valence-corrected chi connectivity index (χ1v) is 5.04. The average Bonchev–Trinajstić information content (AvgIpc) is 2.75. The number of phenols is 1. The summed E-state index contributed by atoms with van der Waals surface area (Å²) >= 11 is 0. The smallest absolute Gasteiger partial charge is 0.433 e. The lowest BCUT2D eigenvalue weighted by atomic mass is 10.0. The molecular weight excluding hydrogens is 222 g/mol. The van der Waals surface area contributed by atoms with E-state index in [2.05, 4.69) is 0 Å². The normalized spacial score (nSPS) is 10.5. The van der Waals surface area contributed by atoms with Crippen LogP contribution in [-0.2, 0) is 0 Å². The van der Waals surface area contributed by atoms with Crippen LogP contribution in [0.5, 0.6) is 5.75 Å². The maximum Gasteiger partial charge on any atom is 0.433 e.